The molecule has 0 atom stereocenters. The van der Waals surface area contributed by atoms with Crippen LogP contribution < -0.4 is 10.6 Å². The van der Waals surface area contributed by atoms with Gasteiger partial charge in [-0.05, 0) is 37.3 Å². The highest BCUT2D eigenvalue weighted by Gasteiger charge is 2.35. The summed E-state index contributed by atoms with van der Waals surface area (Å²) in [4.78, 5) is 42.2. The van der Waals surface area contributed by atoms with Crippen molar-refractivity contribution < 1.29 is 14.4 Å². The molecule has 1 saturated heterocycles. The van der Waals surface area contributed by atoms with E-state index < -0.39 is 11.4 Å². The van der Waals surface area contributed by atoms with E-state index >= 15 is 0 Å². The summed E-state index contributed by atoms with van der Waals surface area (Å²) in [7, 11) is 0. The molecule has 1 aliphatic rings. The standard InChI is InChI=1S/C23H30N4O3S/c1-23(2,18-7-4-3-5-8-18)21(29)27-14-12-26(13-15-27)17-20(28)25-22(30)24-11-10-19-9-6-16-31-19/h3-9,16H,10-15,17H2,1-2H3,(H2,24,25,28,30). The van der Waals surface area contributed by atoms with Crippen LogP contribution in [0.1, 0.15) is 24.3 Å². The molecule has 0 unspecified atom stereocenters. The van der Waals surface area contributed by atoms with Crippen LogP contribution in [-0.2, 0) is 21.4 Å². The lowest BCUT2D eigenvalue weighted by atomic mass is 9.83. The molecule has 0 spiro atoms. The van der Waals surface area contributed by atoms with E-state index in [0.717, 1.165) is 12.0 Å². The zero-order valence-corrected chi connectivity index (χ0v) is 18.9. The molecule has 0 radical (unpaired) electrons. The lowest BCUT2D eigenvalue weighted by Crippen LogP contribution is -2.55. The van der Waals surface area contributed by atoms with Crippen molar-refractivity contribution in [2.45, 2.75) is 25.7 Å². The highest BCUT2D eigenvalue weighted by molar-refractivity contribution is 7.09. The Hall–Kier alpha value is -2.71. The van der Waals surface area contributed by atoms with Crippen LogP contribution in [-0.4, -0.2) is 66.9 Å². The van der Waals surface area contributed by atoms with Crippen molar-refractivity contribution in [3.63, 3.8) is 0 Å². The average Bonchev–Trinajstić information content (AvgIpc) is 3.28. The maximum atomic E-state index is 13.1. The average molecular weight is 443 g/mol. The predicted molar refractivity (Wildman–Crippen MR) is 122 cm³/mol. The molecule has 31 heavy (non-hydrogen) atoms. The molecule has 4 amide bonds. The number of amides is 4. The van der Waals surface area contributed by atoms with E-state index in [1.807, 2.05) is 71.5 Å². The quantitative estimate of drug-likeness (QED) is 0.689. The number of nitrogens with one attached hydrogen (secondary N) is 2. The van der Waals surface area contributed by atoms with Gasteiger partial charge in [-0.2, -0.15) is 0 Å². The Kier molecular flexibility index (Phi) is 7.81. The van der Waals surface area contributed by atoms with Gasteiger partial charge >= 0.3 is 6.03 Å². The number of hydrogen-bond acceptors (Lipinski definition) is 5. The molecule has 1 aromatic carbocycles. The third kappa shape index (κ3) is 6.38. The molecule has 7 nitrogen and oxygen atoms in total. The van der Waals surface area contributed by atoms with E-state index in [2.05, 4.69) is 10.6 Å². The Labute approximate surface area is 187 Å². The lowest BCUT2D eigenvalue weighted by molar-refractivity contribution is -0.138. The summed E-state index contributed by atoms with van der Waals surface area (Å²) in [5.74, 6) is -0.245. The van der Waals surface area contributed by atoms with E-state index in [1.54, 1.807) is 11.3 Å². The number of hydrogen-bond donors (Lipinski definition) is 2. The molecule has 166 valence electrons. The molecule has 1 aliphatic heterocycles. The second-order valence-corrected chi connectivity index (χ2v) is 9.23. The van der Waals surface area contributed by atoms with Gasteiger partial charge in [-0.15, -0.1) is 11.3 Å². The van der Waals surface area contributed by atoms with Crippen molar-refractivity contribution in [3.05, 3.63) is 58.3 Å². The van der Waals surface area contributed by atoms with Crippen LogP contribution in [0.5, 0.6) is 0 Å². The number of piperazine rings is 1. The first-order valence-corrected chi connectivity index (χ1v) is 11.4. The molecule has 8 heteroatoms. The van der Waals surface area contributed by atoms with Crippen LogP contribution in [0, 0.1) is 0 Å². The maximum Gasteiger partial charge on any atom is 0.321 e. The van der Waals surface area contributed by atoms with Crippen LogP contribution >= 0.6 is 11.3 Å². The van der Waals surface area contributed by atoms with Crippen LogP contribution in [0.25, 0.3) is 0 Å². The van der Waals surface area contributed by atoms with Gasteiger partial charge in [0.05, 0.1) is 12.0 Å². The third-order valence-corrected chi connectivity index (χ3v) is 6.48. The minimum absolute atomic E-state index is 0.0907. The number of carbonyl (C=O) groups is 3. The van der Waals surface area contributed by atoms with Gasteiger partial charge in [0.1, 0.15) is 0 Å². The first-order valence-electron chi connectivity index (χ1n) is 10.5. The zero-order valence-electron chi connectivity index (χ0n) is 18.1. The minimum Gasteiger partial charge on any atom is -0.339 e. The van der Waals surface area contributed by atoms with Gasteiger partial charge in [-0.3, -0.25) is 19.8 Å². The van der Waals surface area contributed by atoms with Crippen molar-refractivity contribution in [2.75, 3.05) is 39.3 Å². The summed E-state index contributed by atoms with van der Waals surface area (Å²) in [5, 5.41) is 7.08. The maximum absolute atomic E-state index is 13.1. The Bertz CT molecular complexity index is 875. The van der Waals surface area contributed by atoms with Crippen LogP contribution in [0.15, 0.2) is 47.8 Å². The number of urea groups is 1. The topological polar surface area (TPSA) is 81.8 Å². The molecule has 1 aromatic heterocycles. The summed E-state index contributed by atoms with van der Waals surface area (Å²) in [6, 6.07) is 13.3. The summed E-state index contributed by atoms with van der Waals surface area (Å²) in [6.45, 7) is 6.85. The second-order valence-electron chi connectivity index (χ2n) is 8.19. The lowest BCUT2D eigenvalue weighted by Gasteiger charge is -2.38. The molecule has 2 heterocycles. The van der Waals surface area contributed by atoms with Gasteiger partial charge in [0.2, 0.25) is 11.8 Å². The highest BCUT2D eigenvalue weighted by Crippen LogP contribution is 2.26. The van der Waals surface area contributed by atoms with E-state index in [1.165, 1.54) is 4.88 Å². The van der Waals surface area contributed by atoms with E-state index in [4.69, 9.17) is 0 Å². The third-order valence-electron chi connectivity index (χ3n) is 5.55. The molecule has 0 saturated carbocycles. The SMILES string of the molecule is CC(C)(C(=O)N1CCN(CC(=O)NC(=O)NCCc2cccs2)CC1)c1ccccc1. The summed E-state index contributed by atoms with van der Waals surface area (Å²) in [5.41, 5.74) is 0.397. The monoisotopic (exact) mass is 442 g/mol. The van der Waals surface area contributed by atoms with E-state index in [-0.39, 0.29) is 18.4 Å². The number of imide groups is 1. The predicted octanol–water partition coefficient (Wildman–Crippen LogP) is 2.24. The minimum atomic E-state index is -0.595. The fourth-order valence-electron chi connectivity index (χ4n) is 3.65. The Morgan fingerprint density at radius 3 is 2.35 bits per heavy atom. The molecule has 0 aliphatic carbocycles. The largest absolute Gasteiger partial charge is 0.339 e. The summed E-state index contributed by atoms with van der Waals surface area (Å²) < 4.78 is 0. The highest BCUT2D eigenvalue weighted by atomic mass is 32.1. The van der Waals surface area contributed by atoms with E-state index in [0.29, 0.717) is 32.7 Å². The van der Waals surface area contributed by atoms with Gasteiger partial charge in [0.15, 0.2) is 0 Å². The molecular weight excluding hydrogens is 412 g/mol. The van der Waals surface area contributed by atoms with Crippen LogP contribution in [0.4, 0.5) is 4.79 Å². The summed E-state index contributed by atoms with van der Waals surface area (Å²) >= 11 is 1.64. The molecule has 3 rings (SSSR count). The van der Waals surface area contributed by atoms with Gasteiger partial charge < -0.3 is 10.2 Å². The van der Waals surface area contributed by atoms with Crippen molar-refractivity contribution >= 4 is 29.2 Å². The number of thiophene rings is 1. The molecule has 1 fully saturated rings. The van der Waals surface area contributed by atoms with Crippen molar-refractivity contribution in [1.82, 2.24) is 20.4 Å². The number of benzene rings is 1. The van der Waals surface area contributed by atoms with Crippen molar-refractivity contribution in [2.24, 2.45) is 0 Å². The number of carbonyl (C=O) groups excluding carboxylic acids is 3. The first kappa shape index (κ1) is 23.0. The molecule has 2 aromatic rings. The fraction of sp³-hybridized carbons (Fsp3) is 0.435. The zero-order chi connectivity index (χ0) is 22.3. The van der Waals surface area contributed by atoms with Crippen molar-refractivity contribution in [3.8, 4) is 0 Å². The summed E-state index contributed by atoms with van der Waals surface area (Å²) in [6.07, 6.45) is 0.745. The number of rotatable bonds is 7. The fourth-order valence-corrected chi connectivity index (χ4v) is 4.36. The van der Waals surface area contributed by atoms with Gasteiger partial charge in [-0.1, -0.05) is 36.4 Å². The van der Waals surface area contributed by atoms with Crippen molar-refractivity contribution in [1.29, 1.82) is 0 Å². The Morgan fingerprint density at radius 1 is 1.00 bits per heavy atom. The van der Waals surface area contributed by atoms with Gasteiger partial charge in [-0.25, -0.2) is 4.79 Å². The first-order chi connectivity index (χ1) is 14.9. The molecule has 0 bridgehead atoms. The smallest absolute Gasteiger partial charge is 0.321 e. The van der Waals surface area contributed by atoms with Crippen LogP contribution in [0.3, 0.4) is 0 Å². The second kappa shape index (κ2) is 10.5. The Morgan fingerprint density at radius 2 is 1.71 bits per heavy atom. The number of nitrogens with zero attached hydrogens (tertiary/aromatic N) is 2. The normalized spacial score (nSPS) is 14.8. The van der Waals surface area contributed by atoms with Crippen LogP contribution in [0.2, 0.25) is 0 Å². The molecule has 2 N–H and O–H groups in total. The molecular formula is C23H30N4O3S. The van der Waals surface area contributed by atoms with E-state index in [9.17, 15) is 14.4 Å². The Balaban J connectivity index is 1.38. The van der Waals surface area contributed by atoms with Gasteiger partial charge in [0, 0.05) is 37.6 Å². The van der Waals surface area contributed by atoms with Gasteiger partial charge in [0.25, 0.3) is 0 Å².